The fraction of sp³-hybridized carbons (Fsp3) is 0.364. The number of hydrogen-bond acceptors (Lipinski definition) is 5. The van der Waals surface area contributed by atoms with Crippen LogP contribution in [0, 0.1) is 0 Å². The molecule has 4 nitrogen and oxygen atoms in total. The molecule has 0 bridgehead atoms. The predicted octanol–water partition coefficient (Wildman–Crippen LogP) is 2.90. The fourth-order valence-corrected chi connectivity index (χ4v) is 2.82. The second kappa shape index (κ2) is 6.30. The van der Waals surface area contributed by atoms with Crippen molar-refractivity contribution in [3.05, 3.63) is 27.7 Å². The molecule has 0 atom stereocenters. The first-order valence-corrected chi connectivity index (χ1v) is 6.81. The molecule has 0 saturated carbocycles. The number of methoxy groups -OCH3 is 1. The van der Waals surface area contributed by atoms with E-state index in [0.717, 1.165) is 33.1 Å². The Morgan fingerprint density at radius 1 is 1.53 bits per heavy atom. The van der Waals surface area contributed by atoms with Gasteiger partial charge in [-0.25, -0.2) is 0 Å². The number of nitrogens with zero attached hydrogens (tertiary/aromatic N) is 1. The smallest absolute Gasteiger partial charge is 0.181 e. The molecule has 0 spiro atoms. The lowest BCUT2D eigenvalue weighted by atomic mass is 10.2. The molecule has 0 aliphatic heterocycles. The molecule has 17 heavy (non-hydrogen) atoms. The average Bonchev–Trinajstić information content (AvgIpc) is 2.93. The van der Waals surface area contributed by atoms with E-state index in [2.05, 4.69) is 26.4 Å². The minimum atomic E-state index is 0.700. The van der Waals surface area contributed by atoms with Crippen LogP contribution in [0.25, 0.3) is 10.6 Å². The minimum Gasteiger partial charge on any atom is -0.383 e. The van der Waals surface area contributed by atoms with Gasteiger partial charge in [-0.3, -0.25) is 0 Å². The summed E-state index contributed by atoms with van der Waals surface area (Å²) in [4.78, 5) is 1.08. The first-order valence-electron chi connectivity index (χ1n) is 5.20. The Labute approximate surface area is 112 Å². The topological polar surface area (TPSA) is 47.3 Å². The van der Waals surface area contributed by atoms with Crippen LogP contribution < -0.4 is 5.32 Å². The molecule has 0 aliphatic rings. The van der Waals surface area contributed by atoms with Gasteiger partial charge in [-0.15, -0.1) is 11.3 Å². The van der Waals surface area contributed by atoms with Crippen molar-refractivity contribution in [3.63, 3.8) is 0 Å². The maximum Gasteiger partial charge on any atom is 0.181 e. The summed E-state index contributed by atoms with van der Waals surface area (Å²) in [5.74, 6) is 0.839. The van der Waals surface area contributed by atoms with E-state index in [1.165, 1.54) is 0 Å². The summed E-state index contributed by atoms with van der Waals surface area (Å²) < 4.78 is 11.3. The molecule has 0 radical (unpaired) electrons. The molecular weight excluding hydrogens is 304 g/mol. The van der Waals surface area contributed by atoms with Crippen LogP contribution in [0.5, 0.6) is 0 Å². The summed E-state index contributed by atoms with van der Waals surface area (Å²) in [6, 6.07) is 4.03. The lowest BCUT2D eigenvalue weighted by Crippen LogP contribution is -2.18. The summed E-state index contributed by atoms with van der Waals surface area (Å²) >= 11 is 5.07. The first-order chi connectivity index (χ1) is 8.31. The van der Waals surface area contributed by atoms with Gasteiger partial charge in [0.25, 0.3) is 0 Å². The van der Waals surface area contributed by atoms with Crippen LogP contribution in [-0.2, 0) is 11.3 Å². The molecule has 0 fully saturated rings. The largest absolute Gasteiger partial charge is 0.383 e. The molecule has 0 unspecified atom stereocenters. The van der Waals surface area contributed by atoms with E-state index in [-0.39, 0.29) is 0 Å². The van der Waals surface area contributed by atoms with Crippen LogP contribution in [0.1, 0.15) is 5.56 Å². The fourth-order valence-electron chi connectivity index (χ4n) is 1.42. The van der Waals surface area contributed by atoms with Crippen molar-refractivity contribution in [2.24, 2.45) is 0 Å². The van der Waals surface area contributed by atoms with Gasteiger partial charge in [0, 0.05) is 25.8 Å². The van der Waals surface area contributed by atoms with Crippen LogP contribution in [0.2, 0.25) is 0 Å². The van der Waals surface area contributed by atoms with E-state index in [9.17, 15) is 0 Å². The SMILES string of the molecule is COCCNCc1cnoc1-c1ccc(Br)s1. The second-order valence-corrected chi connectivity index (χ2v) is 5.92. The Bertz CT molecular complexity index is 469. The van der Waals surface area contributed by atoms with E-state index in [4.69, 9.17) is 9.26 Å². The van der Waals surface area contributed by atoms with Crippen molar-refractivity contribution in [2.45, 2.75) is 6.54 Å². The lowest BCUT2D eigenvalue weighted by molar-refractivity contribution is 0.199. The number of aromatic nitrogens is 1. The Kier molecular flexibility index (Phi) is 4.73. The normalized spacial score (nSPS) is 10.9. The number of nitrogens with one attached hydrogen (secondary N) is 1. The molecule has 0 aliphatic carbocycles. The lowest BCUT2D eigenvalue weighted by Gasteiger charge is -2.02. The highest BCUT2D eigenvalue weighted by molar-refractivity contribution is 9.11. The van der Waals surface area contributed by atoms with Gasteiger partial charge in [-0.05, 0) is 28.1 Å². The molecule has 2 heterocycles. The van der Waals surface area contributed by atoms with Crippen molar-refractivity contribution in [3.8, 4) is 10.6 Å². The van der Waals surface area contributed by atoms with Gasteiger partial charge in [0.05, 0.1) is 21.5 Å². The van der Waals surface area contributed by atoms with E-state index in [0.29, 0.717) is 6.61 Å². The standard InChI is InChI=1S/C11H13BrN2O2S/c1-15-5-4-13-6-8-7-14-16-11(8)9-2-3-10(12)17-9/h2-3,7,13H,4-6H2,1H3. The monoisotopic (exact) mass is 316 g/mol. The molecule has 92 valence electrons. The Morgan fingerprint density at radius 2 is 2.41 bits per heavy atom. The maximum absolute atomic E-state index is 5.29. The summed E-state index contributed by atoms with van der Waals surface area (Å²) in [5, 5.41) is 7.13. The third-order valence-corrected chi connectivity index (χ3v) is 3.86. The summed E-state index contributed by atoms with van der Waals surface area (Å²) in [5.41, 5.74) is 1.07. The van der Waals surface area contributed by atoms with Crippen molar-refractivity contribution < 1.29 is 9.26 Å². The molecule has 2 aromatic rings. The van der Waals surface area contributed by atoms with E-state index >= 15 is 0 Å². The summed E-state index contributed by atoms with van der Waals surface area (Å²) in [7, 11) is 1.69. The Morgan fingerprint density at radius 3 is 3.12 bits per heavy atom. The van der Waals surface area contributed by atoms with Crippen LogP contribution >= 0.6 is 27.3 Å². The first kappa shape index (κ1) is 12.8. The highest BCUT2D eigenvalue weighted by Crippen LogP contribution is 2.33. The quantitative estimate of drug-likeness (QED) is 0.832. The van der Waals surface area contributed by atoms with Gasteiger partial charge in [-0.2, -0.15) is 0 Å². The van der Waals surface area contributed by atoms with Crippen LogP contribution in [0.3, 0.4) is 0 Å². The van der Waals surface area contributed by atoms with Crippen molar-refractivity contribution in [1.82, 2.24) is 10.5 Å². The molecule has 2 rings (SSSR count). The summed E-state index contributed by atoms with van der Waals surface area (Å²) in [6.07, 6.45) is 1.75. The number of hydrogen-bond donors (Lipinski definition) is 1. The maximum atomic E-state index is 5.29. The highest BCUT2D eigenvalue weighted by atomic mass is 79.9. The molecule has 0 aromatic carbocycles. The van der Waals surface area contributed by atoms with Gasteiger partial charge in [0.2, 0.25) is 0 Å². The average molecular weight is 317 g/mol. The van der Waals surface area contributed by atoms with E-state index in [1.54, 1.807) is 24.6 Å². The Hall–Kier alpha value is -0.690. The van der Waals surface area contributed by atoms with Gasteiger partial charge >= 0.3 is 0 Å². The van der Waals surface area contributed by atoms with Crippen LogP contribution in [0.15, 0.2) is 26.6 Å². The van der Waals surface area contributed by atoms with Crippen LogP contribution in [-0.4, -0.2) is 25.4 Å². The zero-order valence-corrected chi connectivity index (χ0v) is 11.8. The zero-order valence-electron chi connectivity index (χ0n) is 9.40. The van der Waals surface area contributed by atoms with E-state index < -0.39 is 0 Å². The molecule has 1 N–H and O–H groups in total. The number of ether oxygens (including phenoxy) is 1. The van der Waals surface area contributed by atoms with Gasteiger partial charge in [0.15, 0.2) is 5.76 Å². The second-order valence-electron chi connectivity index (χ2n) is 3.45. The Balaban J connectivity index is 2.02. The van der Waals surface area contributed by atoms with Crippen molar-refractivity contribution in [2.75, 3.05) is 20.3 Å². The van der Waals surface area contributed by atoms with Gasteiger partial charge in [0.1, 0.15) is 0 Å². The zero-order chi connectivity index (χ0) is 12.1. The molecular formula is C11H13BrN2O2S. The molecule has 6 heteroatoms. The number of thiophene rings is 1. The minimum absolute atomic E-state index is 0.700. The molecule has 2 aromatic heterocycles. The third-order valence-electron chi connectivity index (χ3n) is 2.24. The van der Waals surface area contributed by atoms with Gasteiger partial charge < -0.3 is 14.6 Å². The number of halogens is 1. The third kappa shape index (κ3) is 3.38. The highest BCUT2D eigenvalue weighted by Gasteiger charge is 2.12. The van der Waals surface area contributed by atoms with Crippen molar-refractivity contribution >= 4 is 27.3 Å². The molecule has 0 saturated heterocycles. The number of rotatable bonds is 6. The van der Waals surface area contributed by atoms with Crippen LogP contribution in [0.4, 0.5) is 0 Å². The van der Waals surface area contributed by atoms with Crippen molar-refractivity contribution in [1.29, 1.82) is 0 Å². The predicted molar refractivity (Wildman–Crippen MR) is 71.1 cm³/mol. The van der Waals surface area contributed by atoms with Gasteiger partial charge in [-0.1, -0.05) is 5.16 Å². The molecule has 0 amide bonds. The van der Waals surface area contributed by atoms with E-state index in [1.807, 2.05) is 12.1 Å². The summed E-state index contributed by atoms with van der Waals surface area (Å²) in [6.45, 7) is 2.25.